The largest absolute Gasteiger partial charge is 0.399 e. The van der Waals surface area contributed by atoms with Crippen LogP contribution in [0.15, 0.2) is 66.8 Å². The minimum atomic E-state index is -0.240. The van der Waals surface area contributed by atoms with Crippen LogP contribution in [0.2, 0.25) is 5.02 Å². The minimum Gasteiger partial charge on any atom is -0.399 e. The van der Waals surface area contributed by atoms with Crippen molar-refractivity contribution < 1.29 is 4.79 Å². The van der Waals surface area contributed by atoms with E-state index >= 15 is 0 Å². The quantitative estimate of drug-likeness (QED) is 0.361. The molecular formula is C25H31ClN6O. The molecular weight excluding hydrogens is 436 g/mol. The Bertz CT molecular complexity index is 1120. The second-order valence-corrected chi connectivity index (χ2v) is 9.27. The van der Waals surface area contributed by atoms with Gasteiger partial charge in [0.2, 0.25) is 5.91 Å². The first-order chi connectivity index (χ1) is 15.9. The highest BCUT2D eigenvalue weighted by Gasteiger charge is 2.30. The fourth-order valence-electron chi connectivity index (χ4n) is 3.51. The molecule has 0 aliphatic heterocycles. The van der Waals surface area contributed by atoms with Crippen molar-refractivity contribution >= 4 is 23.2 Å². The van der Waals surface area contributed by atoms with Crippen molar-refractivity contribution in [2.75, 3.05) is 0 Å². The Morgan fingerprint density at radius 2 is 1.94 bits per heavy atom. The summed E-state index contributed by atoms with van der Waals surface area (Å²) in [6.07, 6.45) is 10.3. The maximum atomic E-state index is 11.8. The third-order valence-corrected chi connectivity index (χ3v) is 6.02. The van der Waals surface area contributed by atoms with Crippen LogP contribution >= 0.6 is 11.6 Å². The molecule has 174 valence electrons. The van der Waals surface area contributed by atoms with Crippen molar-refractivity contribution in [3.63, 3.8) is 0 Å². The van der Waals surface area contributed by atoms with Crippen LogP contribution in [0.3, 0.4) is 0 Å². The molecule has 1 aromatic carbocycles. The molecule has 5 rings (SSSR count). The molecule has 2 heterocycles. The predicted molar refractivity (Wildman–Crippen MR) is 131 cm³/mol. The van der Waals surface area contributed by atoms with Gasteiger partial charge in [-0.1, -0.05) is 35.9 Å². The highest BCUT2D eigenvalue weighted by Crippen LogP contribution is 2.39. The van der Waals surface area contributed by atoms with Crippen molar-refractivity contribution in [1.82, 2.24) is 19.7 Å². The third-order valence-electron chi connectivity index (χ3n) is 5.77. The van der Waals surface area contributed by atoms with Gasteiger partial charge in [-0.15, -0.1) is 0 Å². The van der Waals surface area contributed by atoms with Crippen LogP contribution in [-0.4, -0.2) is 26.3 Å². The molecule has 0 saturated heterocycles. The molecule has 3 aromatic rings. The van der Waals surface area contributed by atoms with E-state index in [1.54, 1.807) is 6.20 Å². The molecule has 0 spiro atoms. The van der Waals surface area contributed by atoms with Crippen LogP contribution < -0.4 is 16.9 Å². The fourth-order valence-corrected chi connectivity index (χ4v) is 3.65. The Morgan fingerprint density at radius 1 is 1.21 bits per heavy atom. The highest BCUT2D eigenvalue weighted by atomic mass is 35.5. The van der Waals surface area contributed by atoms with E-state index < -0.39 is 0 Å². The Kier molecular flexibility index (Phi) is 7.20. The zero-order chi connectivity index (χ0) is 23.4. The molecule has 5 N–H and O–H groups in total. The van der Waals surface area contributed by atoms with Crippen LogP contribution in [0.1, 0.15) is 49.8 Å². The zero-order valence-electron chi connectivity index (χ0n) is 18.8. The highest BCUT2D eigenvalue weighted by molar-refractivity contribution is 6.30. The van der Waals surface area contributed by atoms with Gasteiger partial charge < -0.3 is 20.5 Å². The van der Waals surface area contributed by atoms with E-state index in [1.165, 1.54) is 23.4 Å². The SMILES string of the molecule is CC(NC(=O)C1CC1)/C(N)=C/N(N)Cc1cn2cc(C3CC3)ccc2n1.Clc1ccccc1. The Morgan fingerprint density at radius 3 is 2.55 bits per heavy atom. The van der Waals surface area contributed by atoms with E-state index in [2.05, 4.69) is 33.0 Å². The van der Waals surface area contributed by atoms with Crippen molar-refractivity contribution in [3.05, 3.63) is 83.0 Å². The number of imidazole rings is 1. The summed E-state index contributed by atoms with van der Waals surface area (Å²) in [4.78, 5) is 16.4. The van der Waals surface area contributed by atoms with Crippen LogP contribution in [-0.2, 0) is 11.3 Å². The normalized spacial score (nSPS) is 16.6. The van der Waals surface area contributed by atoms with Crippen LogP contribution in [0, 0.1) is 5.92 Å². The standard InChI is InChI=1S/C19H26N6O.C6H5Cl/c1-12(22-19(26)14-4-5-14)17(20)11-25(21)10-16-9-24-8-15(13-2-3-13)6-7-18(24)23-16;7-6-4-2-1-3-5-6/h6-9,11-14H,2-5,10,20-21H2,1H3,(H,22,26);1-5H/b17-11-;. The predicted octanol–water partition coefficient (Wildman–Crippen LogP) is 3.94. The molecule has 2 aliphatic rings. The van der Waals surface area contributed by atoms with E-state index in [0.717, 1.165) is 29.2 Å². The number of nitrogens with one attached hydrogen (secondary N) is 1. The van der Waals surface area contributed by atoms with E-state index in [0.29, 0.717) is 18.2 Å². The van der Waals surface area contributed by atoms with Crippen molar-refractivity contribution in [3.8, 4) is 0 Å². The Balaban J connectivity index is 0.000000318. The molecule has 8 heteroatoms. The summed E-state index contributed by atoms with van der Waals surface area (Å²) in [6.45, 7) is 2.31. The molecule has 33 heavy (non-hydrogen) atoms. The summed E-state index contributed by atoms with van der Waals surface area (Å²) in [7, 11) is 0. The molecule has 2 aromatic heterocycles. The van der Waals surface area contributed by atoms with Crippen molar-refractivity contribution in [2.45, 2.75) is 51.1 Å². The lowest BCUT2D eigenvalue weighted by atomic mass is 10.2. The first kappa shape index (κ1) is 23.1. The van der Waals surface area contributed by atoms with E-state index in [4.69, 9.17) is 23.2 Å². The summed E-state index contributed by atoms with van der Waals surface area (Å²) in [5.41, 5.74) is 9.77. The number of hydrogen-bond acceptors (Lipinski definition) is 5. The summed E-state index contributed by atoms with van der Waals surface area (Å²) >= 11 is 5.54. The molecule has 1 atom stereocenters. The summed E-state index contributed by atoms with van der Waals surface area (Å²) in [6, 6.07) is 13.4. The van der Waals surface area contributed by atoms with Gasteiger partial charge in [-0.2, -0.15) is 0 Å². The summed E-state index contributed by atoms with van der Waals surface area (Å²) < 4.78 is 2.06. The Labute approximate surface area is 199 Å². The second kappa shape index (κ2) is 10.3. The third kappa shape index (κ3) is 6.73. The lowest BCUT2D eigenvalue weighted by Gasteiger charge is -2.18. The average molecular weight is 467 g/mol. The lowest BCUT2D eigenvalue weighted by Crippen LogP contribution is -2.39. The van der Waals surface area contributed by atoms with Gasteiger partial charge in [0, 0.05) is 35.2 Å². The maximum Gasteiger partial charge on any atom is 0.223 e. The number of rotatable bonds is 7. The lowest BCUT2D eigenvalue weighted by molar-refractivity contribution is -0.122. The summed E-state index contributed by atoms with van der Waals surface area (Å²) in [5, 5.41) is 5.23. The van der Waals surface area contributed by atoms with Crippen LogP contribution in [0.25, 0.3) is 5.65 Å². The van der Waals surface area contributed by atoms with E-state index in [-0.39, 0.29) is 17.9 Å². The molecule has 7 nitrogen and oxygen atoms in total. The molecule has 2 saturated carbocycles. The fraction of sp³-hybridized carbons (Fsp3) is 0.360. The van der Waals surface area contributed by atoms with Gasteiger partial charge in [0.25, 0.3) is 0 Å². The zero-order valence-corrected chi connectivity index (χ0v) is 19.6. The molecule has 0 radical (unpaired) electrons. The van der Waals surface area contributed by atoms with Gasteiger partial charge >= 0.3 is 0 Å². The average Bonchev–Trinajstić information content (AvgIpc) is 3.70. The smallest absolute Gasteiger partial charge is 0.223 e. The van der Waals surface area contributed by atoms with Gasteiger partial charge in [-0.3, -0.25) is 4.79 Å². The van der Waals surface area contributed by atoms with E-state index in [9.17, 15) is 4.79 Å². The number of hydrazine groups is 1. The molecule has 0 bridgehead atoms. The number of benzene rings is 1. The first-order valence-corrected chi connectivity index (χ1v) is 11.7. The molecule has 2 fully saturated rings. The van der Waals surface area contributed by atoms with Gasteiger partial charge in [0.1, 0.15) is 5.65 Å². The number of aromatic nitrogens is 2. The van der Waals surface area contributed by atoms with Gasteiger partial charge in [0.15, 0.2) is 0 Å². The number of carbonyl (C=O) groups is 1. The second-order valence-electron chi connectivity index (χ2n) is 8.84. The van der Waals surface area contributed by atoms with Gasteiger partial charge in [0.05, 0.1) is 18.3 Å². The number of nitrogens with two attached hydrogens (primary N) is 2. The monoisotopic (exact) mass is 466 g/mol. The number of carbonyl (C=O) groups excluding carboxylic acids is 1. The number of pyridine rings is 1. The van der Waals surface area contributed by atoms with Crippen LogP contribution in [0.5, 0.6) is 0 Å². The number of amides is 1. The summed E-state index contributed by atoms with van der Waals surface area (Å²) in [5.74, 6) is 7.02. The number of fused-ring (bicyclic) bond motifs is 1. The van der Waals surface area contributed by atoms with Gasteiger partial charge in [-0.25, -0.2) is 10.8 Å². The molecule has 1 amide bonds. The van der Waals surface area contributed by atoms with Crippen LogP contribution in [0.4, 0.5) is 0 Å². The number of halogens is 1. The maximum absolute atomic E-state index is 11.8. The Hall–Kier alpha value is -3.03. The molecule has 1 unspecified atom stereocenters. The first-order valence-electron chi connectivity index (χ1n) is 11.4. The van der Waals surface area contributed by atoms with Crippen molar-refractivity contribution in [1.29, 1.82) is 0 Å². The van der Waals surface area contributed by atoms with Crippen molar-refractivity contribution in [2.24, 2.45) is 17.5 Å². The van der Waals surface area contributed by atoms with Gasteiger partial charge in [-0.05, 0) is 62.3 Å². The van der Waals surface area contributed by atoms with E-state index in [1.807, 2.05) is 43.5 Å². The molecule has 2 aliphatic carbocycles. The topological polar surface area (TPSA) is 102 Å². The number of nitrogens with zero attached hydrogens (tertiary/aromatic N) is 3. The minimum absolute atomic E-state index is 0.0734. The number of hydrogen-bond donors (Lipinski definition) is 3.